The largest absolute Gasteiger partial charge is 0.347 e. The van der Waals surface area contributed by atoms with Gasteiger partial charge in [-0.05, 0) is 33.1 Å². The molecule has 92 valence electrons. The van der Waals surface area contributed by atoms with Gasteiger partial charge in [-0.3, -0.25) is 4.79 Å². The third kappa shape index (κ3) is 2.23. The molecule has 2 fully saturated rings. The number of ether oxygens (including phenoxy) is 2. The van der Waals surface area contributed by atoms with Gasteiger partial charge in [0, 0.05) is 13.1 Å². The van der Waals surface area contributed by atoms with Crippen LogP contribution in [0, 0.1) is 5.92 Å². The molecule has 16 heavy (non-hydrogen) atoms. The molecule has 1 atom stereocenters. The van der Waals surface area contributed by atoms with Crippen LogP contribution in [0.5, 0.6) is 0 Å². The van der Waals surface area contributed by atoms with Gasteiger partial charge in [0.15, 0.2) is 5.79 Å². The zero-order valence-electron chi connectivity index (χ0n) is 10.2. The van der Waals surface area contributed by atoms with Crippen LogP contribution in [-0.2, 0) is 14.3 Å². The van der Waals surface area contributed by atoms with Gasteiger partial charge in [-0.25, -0.2) is 0 Å². The summed E-state index contributed by atoms with van der Waals surface area (Å²) in [6.45, 7) is 6.73. The van der Waals surface area contributed by atoms with E-state index in [0.717, 1.165) is 25.9 Å². The van der Waals surface area contributed by atoms with E-state index in [4.69, 9.17) is 9.47 Å². The molecule has 2 rings (SSSR count). The Kier molecular flexibility index (Phi) is 3.50. The molecule has 0 aromatic rings. The molecule has 0 aromatic heterocycles. The van der Waals surface area contributed by atoms with Gasteiger partial charge in [-0.2, -0.15) is 0 Å². The lowest BCUT2D eigenvalue weighted by Gasteiger charge is -2.34. The number of amides is 1. The lowest BCUT2D eigenvalue weighted by atomic mass is 9.99. The number of carbonyl (C=O) groups is 1. The number of hydrogen-bond donors (Lipinski definition) is 0. The third-order valence-electron chi connectivity index (χ3n) is 3.69. The average molecular weight is 227 g/mol. The smallest absolute Gasteiger partial charge is 0.230 e. The fraction of sp³-hybridized carbons (Fsp3) is 0.917. The average Bonchev–Trinajstić information content (AvgIpc) is 2.77. The van der Waals surface area contributed by atoms with E-state index in [1.165, 1.54) is 6.42 Å². The molecule has 0 aliphatic carbocycles. The molecule has 4 nitrogen and oxygen atoms in total. The lowest BCUT2D eigenvalue weighted by Crippen LogP contribution is -2.47. The Labute approximate surface area is 96.9 Å². The third-order valence-corrected chi connectivity index (χ3v) is 3.69. The van der Waals surface area contributed by atoms with Gasteiger partial charge in [0.2, 0.25) is 5.91 Å². The Morgan fingerprint density at radius 1 is 1.19 bits per heavy atom. The molecule has 2 aliphatic heterocycles. The second kappa shape index (κ2) is 4.72. The highest BCUT2D eigenvalue weighted by Crippen LogP contribution is 2.29. The molecule has 0 saturated carbocycles. The zero-order chi connectivity index (χ0) is 11.6. The number of rotatable bonds is 2. The minimum Gasteiger partial charge on any atom is -0.347 e. The van der Waals surface area contributed by atoms with Crippen molar-refractivity contribution in [3.8, 4) is 0 Å². The molecule has 4 heteroatoms. The first-order valence-electron chi connectivity index (χ1n) is 6.20. The second-order valence-corrected chi connectivity index (χ2v) is 4.82. The first kappa shape index (κ1) is 11.9. The molecule has 2 heterocycles. The van der Waals surface area contributed by atoms with Gasteiger partial charge in [0.05, 0.1) is 19.1 Å². The lowest BCUT2D eigenvalue weighted by molar-refractivity contribution is -0.189. The van der Waals surface area contributed by atoms with Crippen LogP contribution in [0.1, 0.15) is 33.1 Å². The maximum absolute atomic E-state index is 12.3. The highest BCUT2D eigenvalue weighted by atomic mass is 16.7. The number of hydrogen-bond acceptors (Lipinski definition) is 3. The molecule has 2 aliphatic rings. The molecule has 0 N–H and O–H groups in total. The summed E-state index contributed by atoms with van der Waals surface area (Å²) in [5, 5.41) is 0. The van der Waals surface area contributed by atoms with E-state index in [0.29, 0.717) is 13.2 Å². The Hall–Kier alpha value is -0.610. The van der Waals surface area contributed by atoms with Gasteiger partial charge in [0.1, 0.15) is 0 Å². The monoisotopic (exact) mass is 227 g/mol. The number of nitrogens with zero attached hydrogens (tertiary/aromatic N) is 1. The number of piperidine rings is 1. The van der Waals surface area contributed by atoms with Crippen LogP contribution in [0.4, 0.5) is 0 Å². The number of carbonyl (C=O) groups excluding carboxylic acids is 1. The van der Waals surface area contributed by atoms with Crippen LogP contribution < -0.4 is 0 Å². The highest BCUT2D eigenvalue weighted by molar-refractivity contribution is 5.79. The van der Waals surface area contributed by atoms with Gasteiger partial charge in [-0.1, -0.05) is 0 Å². The maximum Gasteiger partial charge on any atom is 0.230 e. The predicted molar refractivity (Wildman–Crippen MR) is 59.9 cm³/mol. The molecule has 0 radical (unpaired) electrons. The summed E-state index contributed by atoms with van der Waals surface area (Å²) in [5.41, 5.74) is 0. The van der Waals surface area contributed by atoms with E-state index >= 15 is 0 Å². The van der Waals surface area contributed by atoms with E-state index < -0.39 is 5.79 Å². The van der Waals surface area contributed by atoms with E-state index in [2.05, 4.69) is 0 Å². The van der Waals surface area contributed by atoms with Crippen molar-refractivity contribution < 1.29 is 14.3 Å². The van der Waals surface area contributed by atoms with Crippen molar-refractivity contribution in [1.82, 2.24) is 4.90 Å². The summed E-state index contributed by atoms with van der Waals surface area (Å²) >= 11 is 0. The van der Waals surface area contributed by atoms with Crippen molar-refractivity contribution in [1.29, 1.82) is 0 Å². The van der Waals surface area contributed by atoms with Crippen molar-refractivity contribution in [2.24, 2.45) is 5.92 Å². The highest BCUT2D eigenvalue weighted by Gasteiger charge is 2.42. The summed E-state index contributed by atoms with van der Waals surface area (Å²) in [6.07, 6.45) is 3.48. The van der Waals surface area contributed by atoms with Crippen LogP contribution in [0.2, 0.25) is 0 Å². The second-order valence-electron chi connectivity index (χ2n) is 4.82. The fourth-order valence-electron chi connectivity index (χ4n) is 2.39. The molecule has 1 unspecified atom stereocenters. The number of likely N-dealkylation sites (tertiary alicyclic amines) is 1. The van der Waals surface area contributed by atoms with Crippen LogP contribution >= 0.6 is 0 Å². The molecule has 0 bridgehead atoms. The maximum atomic E-state index is 12.3. The van der Waals surface area contributed by atoms with Crippen molar-refractivity contribution in [3.05, 3.63) is 0 Å². The normalized spacial score (nSPS) is 26.8. The Morgan fingerprint density at radius 3 is 2.31 bits per heavy atom. The van der Waals surface area contributed by atoms with Crippen molar-refractivity contribution in [3.63, 3.8) is 0 Å². The quantitative estimate of drug-likeness (QED) is 0.715. The molecule has 1 amide bonds. The van der Waals surface area contributed by atoms with E-state index in [1.807, 2.05) is 18.7 Å². The van der Waals surface area contributed by atoms with E-state index in [-0.39, 0.29) is 11.8 Å². The summed E-state index contributed by atoms with van der Waals surface area (Å²) in [6, 6.07) is 0. The summed E-state index contributed by atoms with van der Waals surface area (Å²) in [7, 11) is 0. The first-order valence-corrected chi connectivity index (χ1v) is 6.20. The van der Waals surface area contributed by atoms with E-state index in [1.54, 1.807) is 0 Å². The molecule has 0 aromatic carbocycles. The van der Waals surface area contributed by atoms with Crippen LogP contribution in [0.3, 0.4) is 0 Å². The van der Waals surface area contributed by atoms with Crippen molar-refractivity contribution >= 4 is 5.91 Å². The van der Waals surface area contributed by atoms with Crippen LogP contribution in [0.25, 0.3) is 0 Å². The summed E-state index contributed by atoms with van der Waals surface area (Å²) < 4.78 is 11.1. The minimum atomic E-state index is -0.714. The molecular weight excluding hydrogens is 206 g/mol. The minimum absolute atomic E-state index is 0.170. The summed E-state index contributed by atoms with van der Waals surface area (Å²) in [5.74, 6) is -0.758. The standard InChI is InChI=1S/C12H21NO3/c1-10(12(2)15-8-9-16-12)11(14)13-6-4-3-5-7-13/h10H,3-9H2,1-2H3. The van der Waals surface area contributed by atoms with Crippen molar-refractivity contribution in [2.75, 3.05) is 26.3 Å². The Morgan fingerprint density at radius 2 is 1.75 bits per heavy atom. The van der Waals surface area contributed by atoms with Gasteiger partial charge >= 0.3 is 0 Å². The topological polar surface area (TPSA) is 38.8 Å². The van der Waals surface area contributed by atoms with Gasteiger partial charge < -0.3 is 14.4 Å². The zero-order valence-corrected chi connectivity index (χ0v) is 10.2. The Bertz CT molecular complexity index is 255. The molecule has 2 saturated heterocycles. The van der Waals surface area contributed by atoms with Crippen molar-refractivity contribution in [2.45, 2.75) is 38.9 Å². The molecule has 0 spiro atoms. The van der Waals surface area contributed by atoms with Gasteiger partial charge in [0.25, 0.3) is 0 Å². The fourth-order valence-corrected chi connectivity index (χ4v) is 2.39. The van der Waals surface area contributed by atoms with Gasteiger partial charge in [-0.15, -0.1) is 0 Å². The SMILES string of the molecule is CC(C(=O)N1CCCCC1)C1(C)OCCO1. The van der Waals surface area contributed by atoms with Crippen LogP contribution in [0.15, 0.2) is 0 Å². The van der Waals surface area contributed by atoms with Crippen LogP contribution in [-0.4, -0.2) is 42.9 Å². The predicted octanol–water partition coefficient (Wildman–Crippen LogP) is 1.40. The molecular formula is C12H21NO3. The Balaban J connectivity index is 1.97. The first-order chi connectivity index (χ1) is 7.63. The van der Waals surface area contributed by atoms with E-state index in [9.17, 15) is 4.79 Å². The summed E-state index contributed by atoms with van der Waals surface area (Å²) in [4.78, 5) is 14.2.